The second-order valence-corrected chi connectivity index (χ2v) is 17.3. The van der Waals surface area contributed by atoms with E-state index in [4.69, 9.17) is 9.47 Å². The van der Waals surface area contributed by atoms with E-state index in [2.05, 4.69) is 266 Å². The molecule has 3 heteroatoms. The molecule has 0 fully saturated rings. The molecule has 0 aliphatic heterocycles. The number of hydrogen-bond donors (Lipinski definition) is 0. The fourth-order valence-corrected chi connectivity index (χ4v) is 8.11. The lowest BCUT2D eigenvalue weighted by Gasteiger charge is -2.26. The van der Waals surface area contributed by atoms with Gasteiger partial charge in [-0.05, 0) is 160 Å². The van der Waals surface area contributed by atoms with Gasteiger partial charge >= 0.3 is 0 Å². The fraction of sp³-hybridized carbons (Fsp3) is 0.0423. The van der Waals surface area contributed by atoms with Gasteiger partial charge in [0.15, 0.2) is 0 Å². The first-order valence-corrected chi connectivity index (χ1v) is 24.4. The van der Waals surface area contributed by atoms with E-state index in [0.717, 1.165) is 72.7 Å². The number of ether oxygens (including phenoxy) is 2. The average Bonchev–Trinajstić information content (AvgIpc) is 3.46. The molecule has 9 aromatic carbocycles. The Morgan fingerprint density at radius 2 is 0.514 bits per heavy atom. The maximum absolute atomic E-state index is 5.44. The lowest BCUT2D eigenvalue weighted by atomic mass is 10.0. The van der Waals surface area contributed by atoms with E-state index in [1.165, 1.54) is 16.7 Å². The number of benzene rings is 9. The van der Waals surface area contributed by atoms with E-state index in [1.807, 2.05) is 48.5 Å². The zero-order valence-corrected chi connectivity index (χ0v) is 41.5. The SMILES string of the molecule is CC#CC#COc1ccc(/C=C/c2ccc(-c3ccc(N(c4ccc(-c5ccc(/C=C/c6ccc(C)cc6)cc5)cc4)c4ccc(-c5ccc(/C=C/c6ccc(OC#CC#CC)cc6)cc5)cc4)cc3)cc2)cc1. The summed E-state index contributed by atoms with van der Waals surface area (Å²) in [6, 6.07) is 76.7. The lowest BCUT2D eigenvalue weighted by Crippen LogP contribution is -2.09. The van der Waals surface area contributed by atoms with E-state index in [0.29, 0.717) is 11.5 Å². The van der Waals surface area contributed by atoms with Crippen LogP contribution in [0.15, 0.2) is 218 Å². The lowest BCUT2D eigenvalue weighted by molar-refractivity contribution is 0.520. The molecule has 0 saturated carbocycles. The van der Waals surface area contributed by atoms with Crippen LogP contribution in [0.1, 0.15) is 52.8 Å². The molecular formula is C71H51NO2. The topological polar surface area (TPSA) is 21.7 Å². The number of rotatable bonds is 14. The highest BCUT2D eigenvalue weighted by Gasteiger charge is 2.14. The molecule has 0 radical (unpaired) electrons. The summed E-state index contributed by atoms with van der Waals surface area (Å²) in [6.07, 6.45) is 17.9. The van der Waals surface area contributed by atoms with Crippen molar-refractivity contribution < 1.29 is 9.47 Å². The van der Waals surface area contributed by atoms with Crippen molar-refractivity contribution in [3.05, 3.63) is 257 Å². The molecule has 0 aromatic heterocycles. The van der Waals surface area contributed by atoms with Crippen molar-refractivity contribution in [1.82, 2.24) is 0 Å². The summed E-state index contributed by atoms with van der Waals surface area (Å²) in [5, 5.41) is 0. The van der Waals surface area contributed by atoms with Gasteiger partial charge < -0.3 is 14.4 Å². The highest BCUT2D eigenvalue weighted by Crippen LogP contribution is 2.38. The van der Waals surface area contributed by atoms with Crippen LogP contribution in [0, 0.1) is 54.7 Å². The van der Waals surface area contributed by atoms with Crippen molar-refractivity contribution in [3.63, 3.8) is 0 Å². The summed E-state index contributed by atoms with van der Waals surface area (Å²) in [7, 11) is 0. The predicted molar refractivity (Wildman–Crippen MR) is 312 cm³/mol. The summed E-state index contributed by atoms with van der Waals surface area (Å²) in [4.78, 5) is 2.32. The number of anilines is 3. The minimum Gasteiger partial charge on any atom is -0.407 e. The molecule has 0 aliphatic rings. The summed E-state index contributed by atoms with van der Waals surface area (Å²) < 4.78 is 10.9. The van der Waals surface area contributed by atoms with Crippen LogP contribution < -0.4 is 14.4 Å². The third-order valence-electron chi connectivity index (χ3n) is 12.2. The largest absolute Gasteiger partial charge is 0.407 e. The smallest absolute Gasteiger partial charge is 0.140 e. The minimum atomic E-state index is 0.682. The van der Waals surface area contributed by atoms with Crippen molar-refractivity contribution in [2.24, 2.45) is 0 Å². The van der Waals surface area contributed by atoms with Crippen LogP contribution >= 0.6 is 0 Å². The molecule has 0 heterocycles. The van der Waals surface area contributed by atoms with Crippen molar-refractivity contribution in [2.75, 3.05) is 4.90 Å². The first-order valence-electron chi connectivity index (χ1n) is 24.4. The molecule has 0 bridgehead atoms. The van der Waals surface area contributed by atoms with Crippen LogP contribution in [0.2, 0.25) is 0 Å². The summed E-state index contributed by atoms with van der Waals surface area (Å²) >= 11 is 0. The highest BCUT2D eigenvalue weighted by molar-refractivity contribution is 5.82. The number of nitrogens with zero attached hydrogens (tertiary/aromatic N) is 1. The Bertz CT molecular complexity index is 3490. The normalized spacial score (nSPS) is 10.6. The third-order valence-corrected chi connectivity index (χ3v) is 12.2. The zero-order chi connectivity index (χ0) is 50.7. The molecule has 0 saturated heterocycles. The Kier molecular flexibility index (Phi) is 16.2. The number of hydrogen-bond acceptors (Lipinski definition) is 3. The summed E-state index contributed by atoms with van der Waals surface area (Å²) in [6.45, 7) is 5.60. The Morgan fingerprint density at radius 1 is 0.284 bits per heavy atom. The molecule has 9 rings (SSSR count). The average molecular weight is 950 g/mol. The van der Waals surface area contributed by atoms with E-state index >= 15 is 0 Å². The van der Waals surface area contributed by atoms with Gasteiger partial charge in [0.05, 0.1) is 0 Å². The van der Waals surface area contributed by atoms with E-state index in [1.54, 1.807) is 13.8 Å². The van der Waals surface area contributed by atoms with E-state index < -0.39 is 0 Å². The first-order chi connectivity index (χ1) is 36.5. The molecule has 0 spiro atoms. The van der Waals surface area contributed by atoms with Crippen LogP contribution in [0.3, 0.4) is 0 Å². The first kappa shape index (κ1) is 48.8. The minimum absolute atomic E-state index is 0.682. The molecule has 0 atom stereocenters. The molecule has 352 valence electrons. The Morgan fingerprint density at radius 3 is 0.770 bits per heavy atom. The maximum Gasteiger partial charge on any atom is 0.140 e. The standard InChI is InChI=1S/C71H51NO2/c1-4-6-8-52-73-70-48-26-59(27-49-70)18-16-57-22-32-62(33-23-57)65-38-44-68(45-39-65)72(67-42-36-64(37-43-67)61-30-20-56(21-31-61)15-14-55-12-10-54(3)11-13-55)69-46-40-66(41-47-69)63-34-24-58(25-35-63)17-19-60-28-50-71(51-29-60)74-53-9-7-5-2/h10-51H,1-3H3/b15-14+,18-16+,19-17+. The van der Waals surface area contributed by atoms with Crippen molar-refractivity contribution in [1.29, 1.82) is 0 Å². The second kappa shape index (κ2) is 24.6. The van der Waals surface area contributed by atoms with Gasteiger partial charge in [-0.1, -0.05) is 212 Å². The van der Waals surface area contributed by atoms with Gasteiger partial charge in [-0.3, -0.25) is 0 Å². The number of aryl methyl sites for hydroxylation is 1. The van der Waals surface area contributed by atoms with Gasteiger partial charge in [-0.25, -0.2) is 0 Å². The molecule has 9 aromatic rings. The van der Waals surface area contributed by atoms with Crippen LogP contribution in [-0.2, 0) is 0 Å². The summed E-state index contributed by atoms with van der Waals surface area (Å²) in [5.74, 6) is 17.5. The molecule has 0 amide bonds. The van der Waals surface area contributed by atoms with Crippen molar-refractivity contribution >= 4 is 53.5 Å². The van der Waals surface area contributed by atoms with E-state index in [-0.39, 0.29) is 0 Å². The molecular weight excluding hydrogens is 899 g/mol. The van der Waals surface area contributed by atoms with Gasteiger partial charge in [-0.2, -0.15) is 0 Å². The summed E-state index contributed by atoms with van der Waals surface area (Å²) in [5.41, 5.74) is 18.1. The Balaban J connectivity index is 0.919. The predicted octanol–water partition coefficient (Wildman–Crippen LogP) is 17.7. The quantitative estimate of drug-likeness (QED) is 0.0801. The van der Waals surface area contributed by atoms with Crippen LogP contribution in [0.4, 0.5) is 17.1 Å². The monoisotopic (exact) mass is 949 g/mol. The third kappa shape index (κ3) is 13.4. The van der Waals surface area contributed by atoms with Crippen molar-refractivity contribution in [2.45, 2.75) is 20.8 Å². The fourth-order valence-electron chi connectivity index (χ4n) is 8.11. The van der Waals surface area contributed by atoms with Gasteiger partial charge in [0, 0.05) is 28.9 Å². The Hall–Kier alpha value is -10.2. The maximum atomic E-state index is 5.44. The molecule has 0 N–H and O–H groups in total. The molecule has 3 nitrogen and oxygen atoms in total. The van der Waals surface area contributed by atoms with Crippen LogP contribution in [-0.4, -0.2) is 0 Å². The van der Waals surface area contributed by atoms with Gasteiger partial charge in [0.2, 0.25) is 0 Å². The van der Waals surface area contributed by atoms with Crippen LogP contribution in [0.5, 0.6) is 11.5 Å². The van der Waals surface area contributed by atoms with Gasteiger partial charge in [-0.15, -0.1) is 0 Å². The second-order valence-electron chi connectivity index (χ2n) is 17.3. The van der Waals surface area contributed by atoms with Gasteiger partial charge in [0.1, 0.15) is 23.7 Å². The van der Waals surface area contributed by atoms with Crippen molar-refractivity contribution in [3.8, 4) is 92.6 Å². The van der Waals surface area contributed by atoms with E-state index in [9.17, 15) is 0 Å². The highest BCUT2D eigenvalue weighted by atomic mass is 16.5. The van der Waals surface area contributed by atoms with Crippen LogP contribution in [0.25, 0.3) is 69.8 Å². The molecule has 0 aliphatic carbocycles. The molecule has 0 unspecified atom stereocenters. The zero-order valence-electron chi connectivity index (χ0n) is 41.5. The molecule has 74 heavy (non-hydrogen) atoms. The Labute approximate surface area is 436 Å². The van der Waals surface area contributed by atoms with Gasteiger partial charge in [0.25, 0.3) is 0 Å².